The molecule has 0 radical (unpaired) electrons. The number of rotatable bonds is 4. The minimum atomic E-state index is 0.605. The van der Waals surface area contributed by atoms with Crippen molar-refractivity contribution in [3.8, 4) is 6.07 Å². The Balaban J connectivity index is 1.84. The Bertz CT molecular complexity index is 433. The van der Waals surface area contributed by atoms with Crippen molar-refractivity contribution in [2.75, 3.05) is 25.0 Å². The van der Waals surface area contributed by atoms with E-state index in [1.165, 1.54) is 12.8 Å². The molecule has 1 aromatic carbocycles. The third kappa shape index (κ3) is 3.63. The van der Waals surface area contributed by atoms with E-state index in [9.17, 15) is 0 Å². The SMILES string of the molecule is N#Cc1cc(Cl)ccc1NCCC1CCCNC1. The zero-order valence-electron chi connectivity index (χ0n) is 10.4. The minimum absolute atomic E-state index is 0.605. The van der Waals surface area contributed by atoms with Gasteiger partial charge >= 0.3 is 0 Å². The highest BCUT2D eigenvalue weighted by molar-refractivity contribution is 6.30. The van der Waals surface area contributed by atoms with E-state index >= 15 is 0 Å². The zero-order chi connectivity index (χ0) is 12.8. The lowest BCUT2D eigenvalue weighted by atomic mass is 9.96. The van der Waals surface area contributed by atoms with Crippen LogP contribution in [0.1, 0.15) is 24.8 Å². The smallest absolute Gasteiger partial charge is 0.101 e. The minimum Gasteiger partial charge on any atom is -0.384 e. The van der Waals surface area contributed by atoms with Crippen LogP contribution in [0.5, 0.6) is 0 Å². The molecule has 0 spiro atoms. The average molecular weight is 264 g/mol. The van der Waals surface area contributed by atoms with Gasteiger partial charge in [0.2, 0.25) is 0 Å². The van der Waals surface area contributed by atoms with Gasteiger partial charge in [0.1, 0.15) is 6.07 Å². The summed E-state index contributed by atoms with van der Waals surface area (Å²) >= 11 is 5.86. The maximum Gasteiger partial charge on any atom is 0.101 e. The Hall–Kier alpha value is -1.24. The quantitative estimate of drug-likeness (QED) is 0.878. The normalized spacial score (nSPS) is 19.2. The summed E-state index contributed by atoms with van der Waals surface area (Å²) in [6.45, 7) is 3.18. The van der Waals surface area contributed by atoms with Gasteiger partial charge in [-0.25, -0.2) is 0 Å². The Morgan fingerprint density at radius 2 is 2.39 bits per heavy atom. The standard InChI is InChI=1S/C14H18ClN3/c15-13-3-4-14(12(8-13)9-16)18-7-5-11-2-1-6-17-10-11/h3-4,8,11,17-18H,1-2,5-7,10H2. The summed E-state index contributed by atoms with van der Waals surface area (Å²) in [4.78, 5) is 0. The van der Waals surface area contributed by atoms with Gasteiger partial charge in [-0.05, 0) is 56.5 Å². The van der Waals surface area contributed by atoms with Crippen LogP contribution in [0, 0.1) is 17.2 Å². The van der Waals surface area contributed by atoms with Crippen LogP contribution in [0.15, 0.2) is 18.2 Å². The van der Waals surface area contributed by atoms with Gasteiger partial charge in [0, 0.05) is 11.6 Å². The van der Waals surface area contributed by atoms with Crippen LogP contribution < -0.4 is 10.6 Å². The van der Waals surface area contributed by atoms with E-state index in [0.29, 0.717) is 10.6 Å². The molecule has 1 saturated heterocycles. The maximum atomic E-state index is 9.03. The molecule has 3 nitrogen and oxygen atoms in total. The molecular weight excluding hydrogens is 246 g/mol. The summed E-state index contributed by atoms with van der Waals surface area (Å²) in [7, 11) is 0. The Kier molecular flexibility index (Phi) is 4.86. The lowest BCUT2D eigenvalue weighted by Gasteiger charge is -2.22. The van der Waals surface area contributed by atoms with Crippen LogP contribution >= 0.6 is 11.6 Å². The third-order valence-electron chi connectivity index (χ3n) is 3.37. The summed E-state index contributed by atoms with van der Waals surface area (Å²) in [5, 5.41) is 16.4. The highest BCUT2D eigenvalue weighted by Crippen LogP contribution is 2.20. The molecule has 0 bridgehead atoms. The van der Waals surface area contributed by atoms with Crippen molar-refractivity contribution in [2.45, 2.75) is 19.3 Å². The highest BCUT2D eigenvalue weighted by Gasteiger charge is 2.12. The monoisotopic (exact) mass is 263 g/mol. The second kappa shape index (κ2) is 6.63. The molecule has 1 unspecified atom stereocenters. The molecule has 18 heavy (non-hydrogen) atoms. The van der Waals surface area contributed by atoms with Gasteiger partial charge in [-0.1, -0.05) is 11.6 Å². The van der Waals surface area contributed by atoms with E-state index in [1.807, 2.05) is 12.1 Å². The first-order chi connectivity index (χ1) is 8.79. The van der Waals surface area contributed by atoms with E-state index in [2.05, 4.69) is 16.7 Å². The number of halogens is 1. The van der Waals surface area contributed by atoms with Gasteiger partial charge < -0.3 is 10.6 Å². The van der Waals surface area contributed by atoms with E-state index in [-0.39, 0.29) is 0 Å². The molecular formula is C14H18ClN3. The second-order valence-electron chi connectivity index (χ2n) is 4.73. The molecule has 1 aromatic rings. The number of piperidine rings is 1. The van der Waals surface area contributed by atoms with Crippen LogP contribution in [0.4, 0.5) is 5.69 Å². The van der Waals surface area contributed by atoms with Crippen LogP contribution in [-0.2, 0) is 0 Å². The van der Waals surface area contributed by atoms with Crippen LogP contribution in [-0.4, -0.2) is 19.6 Å². The predicted octanol–water partition coefficient (Wildman–Crippen LogP) is 3.01. The van der Waals surface area contributed by atoms with Crippen LogP contribution in [0.25, 0.3) is 0 Å². The summed E-state index contributed by atoms with van der Waals surface area (Å²) in [6.07, 6.45) is 3.72. The number of nitrogens with one attached hydrogen (secondary N) is 2. The summed E-state index contributed by atoms with van der Waals surface area (Å²) < 4.78 is 0. The molecule has 96 valence electrons. The fourth-order valence-corrected chi connectivity index (χ4v) is 2.52. The van der Waals surface area contributed by atoms with Gasteiger partial charge in [-0.2, -0.15) is 5.26 Å². The first-order valence-corrected chi connectivity index (χ1v) is 6.81. The van der Waals surface area contributed by atoms with E-state index < -0.39 is 0 Å². The van der Waals surface area contributed by atoms with E-state index in [4.69, 9.17) is 16.9 Å². The zero-order valence-corrected chi connectivity index (χ0v) is 11.1. The molecule has 1 heterocycles. The highest BCUT2D eigenvalue weighted by atomic mass is 35.5. The first kappa shape index (κ1) is 13.2. The number of benzene rings is 1. The van der Waals surface area contributed by atoms with E-state index in [1.54, 1.807) is 6.07 Å². The molecule has 1 aliphatic rings. The Morgan fingerprint density at radius 3 is 3.11 bits per heavy atom. The van der Waals surface area contributed by atoms with Gasteiger partial charge in [-0.15, -0.1) is 0 Å². The molecule has 4 heteroatoms. The van der Waals surface area contributed by atoms with Crippen molar-refractivity contribution in [2.24, 2.45) is 5.92 Å². The second-order valence-corrected chi connectivity index (χ2v) is 5.17. The first-order valence-electron chi connectivity index (χ1n) is 6.44. The van der Waals surface area contributed by atoms with Crippen LogP contribution in [0.2, 0.25) is 5.02 Å². The number of nitriles is 1. The van der Waals surface area contributed by atoms with Gasteiger partial charge in [-0.3, -0.25) is 0 Å². The fraction of sp³-hybridized carbons (Fsp3) is 0.500. The van der Waals surface area contributed by atoms with Gasteiger partial charge in [0.05, 0.1) is 11.3 Å². The fourth-order valence-electron chi connectivity index (χ4n) is 2.34. The van der Waals surface area contributed by atoms with Crippen molar-refractivity contribution in [3.63, 3.8) is 0 Å². The Labute approximate surface area is 113 Å². The average Bonchev–Trinajstić information content (AvgIpc) is 2.41. The molecule has 2 rings (SSSR count). The summed E-state index contributed by atoms with van der Waals surface area (Å²) in [5.41, 5.74) is 1.50. The predicted molar refractivity (Wildman–Crippen MR) is 74.9 cm³/mol. The molecule has 1 atom stereocenters. The molecule has 1 aliphatic heterocycles. The number of nitrogens with zero attached hydrogens (tertiary/aromatic N) is 1. The topological polar surface area (TPSA) is 47.9 Å². The number of hydrogen-bond donors (Lipinski definition) is 2. The van der Waals surface area contributed by atoms with Crippen molar-refractivity contribution in [1.82, 2.24) is 5.32 Å². The van der Waals surface area contributed by atoms with Gasteiger partial charge in [0.25, 0.3) is 0 Å². The molecule has 0 aromatic heterocycles. The Morgan fingerprint density at radius 1 is 1.50 bits per heavy atom. The van der Waals surface area contributed by atoms with Crippen molar-refractivity contribution >= 4 is 17.3 Å². The lowest BCUT2D eigenvalue weighted by molar-refractivity contribution is 0.364. The molecule has 0 saturated carbocycles. The third-order valence-corrected chi connectivity index (χ3v) is 3.60. The lowest BCUT2D eigenvalue weighted by Crippen LogP contribution is -2.30. The number of anilines is 1. The van der Waals surface area contributed by atoms with Crippen molar-refractivity contribution < 1.29 is 0 Å². The largest absolute Gasteiger partial charge is 0.384 e. The van der Waals surface area contributed by atoms with E-state index in [0.717, 1.165) is 37.7 Å². The number of hydrogen-bond acceptors (Lipinski definition) is 3. The van der Waals surface area contributed by atoms with Gasteiger partial charge in [0.15, 0.2) is 0 Å². The van der Waals surface area contributed by atoms with Crippen molar-refractivity contribution in [3.05, 3.63) is 28.8 Å². The maximum absolute atomic E-state index is 9.03. The molecule has 0 amide bonds. The summed E-state index contributed by atoms with van der Waals surface area (Å²) in [5.74, 6) is 0.754. The van der Waals surface area contributed by atoms with Crippen molar-refractivity contribution in [1.29, 1.82) is 5.26 Å². The molecule has 0 aliphatic carbocycles. The molecule has 2 N–H and O–H groups in total. The summed E-state index contributed by atoms with van der Waals surface area (Å²) in [6, 6.07) is 7.55. The molecule has 1 fully saturated rings. The van der Waals surface area contributed by atoms with Crippen LogP contribution in [0.3, 0.4) is 0 Å².